The summed E-state index contributed by atoms with van der Waals surface area (Å²) >= 11 is 0. The van der Waals surface area contributed by atoms with Crippen LogP contribution in [0, 0.1) is 17.6 Å². The van der Waals surface area contributed by atoms with Gasteiger partial charge in [0.2, 0.25) is 5.95 Å². The standard InChI is InChI=1S/C25H26F2N6O3S/c1-13-7-14(8-20(28)24(13)37(2,35)36)17-5-6-29-12-22(17)31-25-30-11-15-3-4-21(32-33(15)25)23-18(26)9-16(34)10-19(23)27/h3-6,9-14,20,24,34H,7-8,28H2,1-2H3,(H,30,31)/t13-,14+,20+,24-/m0/s1. The maximum Gasteiger partial charge on any atom is 0.229 e. The van der Waals surface area contributed by atoms with Crippen LogP contribution in [-0.2, 0) is 9.84 Å². The Morgan fingerprint density at radius 2 is 1.86 bits per heavy atom. The molecule has 0 unspecified atom stereocenters. The predicted molar refractivity (Wildman–Crippen MR) is 135 cm³/mol. The average Bonchev–Trinajstić information content (AvgIpc) is 3.19. The molecular formula is C25H26F2N6O3S. The molecule has 1 fully saturated rings. The number of rotatable bonds is 5. The number of benzene rings is 1. The van der Waals surface area contributed by atoms with Crippen molar-refractivity contribution in [2.24, 2.45) is 11.7 Å². The van der Waals surface area contributed by atoms with Gasteiger partial charge in [-0.25, -0.2) is 22.2 Å². The molecule has 3 aromatic heterocycles. The van der Waals surface area contributed by atoms with Gasteiger partial charge in [0.1, 0.15) is 17.4 Å². The van der Waals surface area contributed by atoms with Crippen LogP contribution in [0.4, 0.5) is 20.4 Å². The van der Waals surface area contributed by atoms with Gasteiger partial charge in [0.15, 0.2) is 9.84 Å². The number of phenolic OH excluding ortho intramolecular Hbond substituents is 1. The Morgan fingerprint density at radius 1 is 1.14 bits per heavy atom. The van der Waals surface area contributed by atoms with Gasteiger partial charge in [0.05, 0.1) is 40.1 Å². The summed E-state index contributed by atoms with van der Waals surface area (Å²) < 4.78 is 54.9. The molecular weight excluding hydrogens is 502 g/mol. The van der Waals surface area contributed by atoms with Gasteiger partial charge in [-0.15, -0.1) is 0 Å². The first-order valence-electron chi connectivity index (χ1n) is 11.7. The van der Waals surface area contributed by atoms with Crippen LogP contribution < -0.4 is 11.1 Å². The number of phenols is 1. The number of halogens is 2. The summed E-state index contributed by atoms with van der Waals surface area (Å²) in [6, 6.07) is 6.11. The van der Waals surface area contributed by atoms with Crippen molar-refractivity contribution in [3.8, 4) is 17.0 Å². The second kappa shape index (κ2) is 9.34. The number of fused-ring (bicyclic) bond motifs is 1. The highest BCUT2D eigenvalue weighted by Gasteiger charge is 2.40. The van der Waals surface area contributed by atoms with Crippen molar-refractivity contribution in [3.63, 3.8) is 0 Å². The summed E-state index contributed by atoms with van der Waals surface area (Å²) in [6.07, 6.45) is 7.22. The molecule has 0 radical (unpaired) electrons. The highest BCUT2D eigenvalue weighted by Crippen LogP contribution is 2.41. The summed E-state index contributed by atoms with van der Waals surface area (Å²) in [4.78, 5) is 8.59. The van der Waals surface area contributed by atoms with Gasteiger partial charge in [0.25, 0.3) is 0 Å². The number of nitrogens with zero attached hydrogens (tertiary/aromatic N) is 4. The molecule has 4 N–H and O–H groups in total. The molecule has 0 amide bonds. The summed E-state index contributed by atoms with van der Waals surface area (Å²) in [5.74, 6) is -2.24. The number of hydrogen-bond donors (Lipinski definition) is 3. The van der Waals surface area contributed by atoms with Gasteiger partial charge in [-0.3, -0.25) is 4.98 Å². The van der Waals surface area contributed by atoms with E-state index in [4.69, 9.17) is 5.73 Å². The third-order valence-corrected chi connectivity index (χ3v) is 8.70. The van der Waals surface area contributed by atoms with E-state index in [0.717, 1.165) is 17.7 Å². The molecule has 4 aromatic rings. The van der Waals surface area contributed by atoms with Crippen molar-refractivity contribution >= 4 is 27.0 Å². The lowest BCUT2D eigenvalue weighted by atomic mass is 9.76. The summed E-state index contributed by atoms with van der Waals surface area (Å²) in [6.45, 7) is 1.90. The number of aromatic hydroxyl groups is 1. The Morgan fingerprint density at radius 3 is 2.54 bits per heavy atom. The van der Waals surface area contributed by atoms with Crippen LogP contribution in [0.2, 0.25) is 0 Å². The third kappa shape index (κ3) is 4.74. The minimum atomic E-state index is -3.28. The monoisotopic (exact) mass is 528 g/mol. The minimum absolute atomic E-state index is 0.0107. The number of nitrogens with one attached hydrogen (secondary N) is 1. The van der Waals surface area contributed by atoms with Gasteiger partial charge in [-0.05, 0) is 48.4 Å². The first-order valence-corrected chi connectivity index (χ1v) is 13.7. The maximum absolute atomic E-state index is 14.5. The van der Waals surface area contributed by atoms with Crippen LogP contribution >= 0.6 is 0 Å². The number of sulfone groups is 1. The van der Waals surface area contributed by atoms with E-state index >= 15 is 0 Å². The Hall–Kier alpha value is -3.64. The summed E-state index contributed by atoms with van der Waals surface area (Å²) in [5.41, 5.74) is 8.12. The van der Waals surface area contributed by atoms with Crippen LogP contribution in [-0.4, -0.2) is 50.7 Å². The van der Waals surface area contributed by atoms with Gasteiger partial charge in [0, 0.05) is 30.6 Å². The SMILES string of the molecule is C[C@H]1C[C@@H](c2ccncc2Nc2ncc3ccc(-c4c(F)cc(O)cc4F)nn23)C[C@@H](N)[C@H]1S(C)(=O)=O. The molecule has 5 rings (SSSR count). The smallest absolute Gasteiger partial charge is 0.229 e. The zero-order valence-electron chi connectivity index (χ0n) is 20.1. The zero-order valence-corrected chi connectivity index (χ0v) is 21.0. The lowest BCUT2D eigenvalue weighted by molar-refractivity contribution is 0.309. The molecule has 1 aromatic carbocycles. The number of anilines is 2. The van der Waals surface area contributed by atoms with Crippen molar-refractivity contribution < 1.29 is 22.3 Å². The summed E-state index contributed by atoms with van der Waals surface area (Å²) in [7, 11) is -3.28. The molecule has 4 atom stereocenters. The molecule has 0 spiro atoms. The molecule has 37 heavy (non-hydrogen) atoms. The highest BCUT2D eigenvalue weighted by atomic mass is 32.2. The fourth-order valence-electron chi connectivity index (χ4n) is 5.45. The largest absolute Gasteiger partial charge is 0.508 e. The fraction of sp³-hybridized carbons (Fsp3) is 0.320. The minimum Gasteiger partial charge on any atom is -0.508 e. The number of hydrogen-bond acceptors (Lipinski definition) is 8. The van der Waals surface area contributed by atoms with Crippen molar-refractivity contribution in [2.45, 2.75) is 37.0 Å². The first kappa shape index (κ1) is 25.0. The predicted octanol–water partition coefficient (Wildman–Crippen LogP) is 3.77. The first-order chi connectivity index (χ1) is 17.5. The Bertz CT molecular complexity index is 1560. The van der Waals surface area contributed by atoms with E-state index in [1.807, 2.05) is 13.0 Å². The van der Waals surface area contributed by atoms with Gasteiger partial charge in [-0.1, -0.05) is 6.92 Å². The van der Waals surface area contributed by atoms with Gasteiger partial charge >= 0.3 is 0 Å². The molecule has 12 heteroatoms. The average molecular weight is 529 g/mol. The fourth-order valence-corrected chi connectivity index (χ4v) is 7.15. The number of nitrogens with two attached hydrogens (primary N) is 1. The van der Waals surface area contributed by atoms with Crippen LogP contribution in [0.1, 0.15) is 31.2 Å². The Kier molecular flexibility index (Phi) is 6.32. The van der Waals surface area contributed by atoms with E-state index in [2.05, 4.69) is 20.4 Å². The van der Waals surface area contributed by atoms with Crippen LogP contribution in [0.15, 0.2) is 48.9 Å². The van der Waals surface area contributed by atoms with Crippen molar-refractivity contribution in [1.29, 1.82) is 0 Å². The van der Waals surface area contributed by atoms with E-state index < -0.39 is 38.5 Å². The lowest BCUT2D eigenvalue weighted by Crippen LogP contribution is -2.48. The van der Waals surface area contributed by atoms with Crippen LogP contribution in [0.5, 0.6) is 5.75 Å². The Labute approximate surface area is 212 Å². The van der Waals surface area contributed by atoms with Crippen molar-refractivity contribution in [1.82, 2.24) is 19.6 Å². The van der Waals surface area contributed by atoms with Gasteiger partial charge in [-0.2, -0.15) is 9.61 Å². The number of pyridine rings is 1. The van der Waals surface area contributed by atoms with Crippen LogP contribution in [0.25, 0.3) is 16.8 Å². The molecule has 9 nitrogen and oxygen atoms in total. The molecule has 0 bridgehead atoms. The highest BCUT2D eigenvalue weighted by molar-refractivity contribution is 7.91. The van der Waals surface area contributed by atoms with E-state index in [-0.39, 0.29) is 23.1 Å². The van der Waals surface area contributed by atoms with E-state index in [9.17, 15) is 22.3 Å². The van der Waals surface area contributed by atoms with E-state index in [1.165, 1.54) is 16.8 Å². The topological polar surface area (TPSA) is 136 Å². The van der Waals surface area contributed by atoms with Gasteiger partial charge < -0.3 is 16.2 Å². The second-order valence-electron chi connectivity index (χ2n) is 9.61. The molecule has 0 saturated heterocycles. The van der Waals surface area contributed by atoms with Crippen molar-refractivity contribution in [3.05, 3.63) is 66.1 Å². The van der Waals surface area contributed by atoms with E-state index in [0.29, 0.717) is 30.0 Å². The lowest BCUT2D eigenvalue weighted by Gasteiger charge is -2.38. The molecule has 1 aliphatic rings. The van der Waals surface area contributed by atoms with Crippen LogP contribution in [0.3, 0.4) is 0 Å². The maximum atomic E-state index is 14.5. The van der Waals surface area contributed by atoms with E-state index in [1.54, 1.807) is 24.7 Å². The molecule has 1 saturated carbocycles. The molecule has 1 aliphatic carbocycles. The number of imidazole rings is 1. The zero-order chi connectivity index (χ0) is 26.5. The third-order valence-electron chi connectivity index (χ3n) is 6.90. The number of aromatic nitrogens is 4. The second-order valence-corrected chi connectivity index (χ2v) is 11.8. The molecule has 3 heterocycles. The molecule has 194 valence electrons. The molecule has 0 aliphatic heterocycles. The van der Waals surface area contributed by atoms with Crippen molar-refractivity contribution in [2.75, 3.05) is 11.6 Å². The normalized spacial score (nSPS) is 22.3. The Balaban J connectivity index is 1.49. The summed E-state index contributed by atoms with van der Waals surface area (Å²) in [5, 5.41) is 16.5. The quantitative estimate of drug-likeness (QED) is 0.356.